The molecule has 0 unspecified atom stereocenters. The molecule has 0 spiro atoms. The molecule has 10 heteroatoms. The van der Waals surface area contributed by atoms with Crippen LogP contribution in [0.3, 0.4) is 0 Å². The van der Waals surface area contributed by atoms with Gasteiger partial charge in [-0.2, -0.15) is 8.42 Å². The topological polar surface area (TPSA) is 106 Å². The van der Waals surface area contributed by atoms with Crippen LogP contribution in [0.1, 0.15) is 12.0 Å². The van der Waals surface area contributed by atoms with Crippen LogP contribution in [-0.2, 0) is 24.3 Å². The number of hydrogen-bond donors (Lipinski definition) is 0. The maximum absolute atomic E-state index is 12.8. The molecule has 2 aliphatic rings. The number of para-hydroxylation sites is 1. The molecule has 0 aromatic heterocycles. The lowest BCUT2D eigenvalue weighted by molar-refractivity contribution is -0.148. The minimum Gasteiger partial charge on any atom is -0.497 e. The third-order valence-corrected chi connectivity index (χ3v) is 7.66. The minimum absolute atomic E-state index is 0.0117. The molecule has 0 bridgehead atoms. The van der Waals surface area contributed by atoms with Crippen LogP contribution < -0.4 is 14.5 Å². The summed E-state index contributed by atoms with van der Waals surface area (Å²) in [5, 5.41) is 0. The summed E-state index contributed by atoms with van der Waals surface area (Å²) in [5.74, 6) is -0.264. The lowest BCUT2D eigenvalue weighted by Gasteiger charge is -2.25. The number of amides is 1. The van der Waals surface area contributed by atoms with Crippen molar-refractivity contribution >= 4 is 39.1 Å². The second-order valence-electron chi connectivity index (χ2n) is 8.64. The van der Waals surface area contributed by atoms with Gasteiger partial charge in [0.2, 0.25) is 5.91 Å². The average molecular weight is 520 g/mol. The first-order valence-electron chi connectivity index (χ1n) is 11.8. The Morgan fingerprint density at radius 1 is 1.03 bits per heavy atom. The molecule has 1 atom stereocenters. The van der Waals surface area contributed by atoms with Gasteiger partial charge in [0.05, 0.1) is 19.6 Å². The van der Waals surface area contributed by atoms with Crippen molar-refractivity contribution in [2.75, 3.05) is 36.6 Å². The Bertz CT molecular complexity index is 1450. The summed E-state index contributed by atoms with van der Waals surface area (Å²) in [4.78, 5) is 28.8. The number of nitrogens with zero attached hydrogens (tertiary/aromatic N) is 3. The predicted molar refractivity (Wildman–Crippen MR) is 138 cm³/mol. The van der Waals surface area contributed by atoms with Gasteiger partial charge in [-0.3, -0.25) is 9.59 Å². The van der Waals surface area contributed by atoms with E-state index in [2.05, 4.69) is 4.40 Å². The van der Waals surface area contributed by atoms with Crippen LogP contribution in [-0.4, -0.2) is 52.9 Å². The number of esters is 1. The number of amidine groups is 1. The van der Waals surface area contributed by atoms with Crippen molar-refractivity contribution in [1.29, 1.82) is 0 Å². The summed E-state index contributed by atoms with van der Waals surface area (Å²) in [6.07, 6.45) is 0.0611. The van der Waals surface area contributed by atoms with Crippen LogP contribution in [0.5, 0.6) is 5.75 Å². The van der Waals surface area contributed by atoms with E-state index >= 15 is 0 Å². The van der Waals surface area contributed by atoms with Gasteiger partial charge in [-0.25, -0.2) is 0 Å². The molecule has 0 saturated carbocycles. The van der Waals surface area contributed by atoms with Gasteiger partial charge in [-0.15, -0.1) is 4.40 Å². The molecule has 5 rings (SSSR count). The highest BCUT2D eigenvalue weighted by molar-refractivity contribution is 7.90. The number of fused-ring (bicyclic) bond motifs is 1. The van der Waals surface area contributed by atoms with Gasteiger partial charge >= 0.3 is 5.97 Å². The molecule has 1 saturated heterocycles. The van der Waals surface area contributed by atoms with E-state index in [0.717, 1.165) is 0 Å². The van der Waals surface area contributed by atoms with E-state index in [9.17, 15) is 18.0 Å². The molecule has 37 heavy (non-hydrogen) atoms. The summed E-state index contributed by atoms with van der Waals surface area (Å²) < 4.78 is 40.0. The standard InChI is InChI=1S/C27H25N3O6S/c1-35-22-13-11-21(12-14-22)30-18-19(17-25(30)31)27(32)36-16-15-29(20-7-3-2-4-8-20)26-23-9-5-6-10-24(23)37(33,34)28-26/h2-14,19H,15-18H2,1H3/t19-/m1/s1. The van der Waals surface area contributed by atoms with Gasteiger partial charge in [-0.1, -0.05) is 30.3 Å². The third-order valence-electron chi connectivity index (χ3n) is 6.34. The molecule has 3 aromatic rings. The van der Waals surface area contributed by atoms with Crippen LogP contribution >= 0.6 is 0 Å². The van der Waals surface area contributed by atoms with Crippen molar-refractivity contribution in [3.63, 3.8) is 0 Å². The predicted octanol–water partition coefficient (Wildman–Crippen LogP) is 3.25. The molecule has 2 heterocycles. The quantitative estimate of drug-likeness (QED) is 0.441. The van der Waals surface area contributed by atoms with E-state index in [-0.39, 0.29) is 42.8 Å². The zero-order valence-corrected chi connectivity index (χ0v) is 20.9. The van der Waals surface area contributed by atoms with Crippen LogP contribution in [0.15, 0.2) is 88.2 Å². The number of hydrogen-bond acceptors (Lipinski definition) is 7. The molecular formula is C27H25N3O6S. The Morgan fingerprint density at radius 2 is 1.73 bits per heavy atom. The zero-order valence-electron chi connectivity index (χ0n) is 20.1. The number of sulfonamides is 1. The van der Waals surface area contributed by atoms with Gasteiger partial charge in [0.15, 0.2) is 5.84 Å². The van der Waals surface area contributed by atoms with Gasteiger partial charge in [0.25, 0.3) is 10.0 Å². The summed E-state index contributed by atoms with van der Waals surface area (Å²) >= 11 is 0. The summed E-state index contributed by atoms with van der Waals surface area (Å²) in [6.45, 7) is 0.397. The second-order valence-corrected chi connectivity index (χ2v) is 10.2. The van der Waals surface area contributed by atoms with Gasteiger partial charge in [0, 0.05) is 29.9 Å². The van der Waals surface area contributed by atoms with Crippen molar-refractivity contribution < 1.29 is 27.5 Å². The van der Waals surface area contributed by atoms with Crippen LogP contribution in [0.2, 0.25) is 0 Å². The van der Waals surface area contributed by atoms with E-state index in [4.69, 9.17) is 9.47 Å². The van der Waals surface area contributed by atoms with Gasteiger partial charge in [0.1, 0.15) is 17.3 Å². The van der Waals surface area contributed by atoms with Crippen molar-refractivity contribution in [3.05, 3.63) is 84.4 Å². The number of benzene rings is 3. The molecule has 1 fully saturated rings. The molecule has 190 valence electrons. The number of anilines is 2. The highest BCUT2D eigenvalue weighted by Crippen LogP contribution is 2.30. The number of ether oxygens (including phenoxy) is 2. The lowest BCUT2D eigenvalue weighted by atomic mass is 10.1. The van der Waals surface area contributed by atoms with E-state index in [1.807, 2.05) is 30.3 Å². The van der Waals surface area contributed by atoms with Gasteiger partial charge < -0.3 is 19.3 Å². The minimum atomic E-state index is -3.82. The SMILES string of the molecule is COc1ccc(N2C[C@H](C(=O)OCCN(C3=NS(=O)(=O)c4ccccc43)c3ccccc3)CC2=O)cc1. The maximum atomic E-state index is 12.8. The monoisotopic (exact) mass is 519 g/mol. The molecule has 0 aliphatic carbocycles. The average Bonchev–Trinajstić information content (AvgIpc) is 3.44. The Labute approximate surface area is 215 Å². The Kier molecular flexibility index (Phi) is 6.66. The maximum Gasteiger partial charge on any atom is 0.311 e. The normalized spacial score (nSPS) is 17.8. The van der Waals surface area contributed by atoms with Crippen molar-refractivity contribution in [3.8, 4) is 5.75 Å². The highest BCUT2D eigenvalue weighted by atomic mass is 32.2. The molecule has 2 aliphatic heterocycles. The Balaban J connectivity index is 1.28. The fourth-order valence-electron chi connectivity index (χ4n) is 4.48. The molecule has 0 radical (unpaired) electrons. The molecule has 3 aromatic carbocycles. The Hall–Kier alpha value is -4.18. The number of carbonyl (C=O) groups is 2. The first-order valence-corrected chi connectivity index (χ1v) is 13.2. The first-order chi connectivity index (χ1) is 17.9. The number of carbonyl (C=O) groups excluding carboxylic acids is 2. The van der Waals surface area contributed by atoms with Crippen LogP contribution in [0, 0.1) is 5.92 Å². The van der Waals surface area contributed by atoms with E-state index in [0.29, 0.717) is 22.7 Å². The van der Waals surface area contributed by atoms with Crippen molar-refractivity contribution in [2.24, 2.45) is 10.3 Å². The fourth-order valence-corrected chi connectivity index (χ4v) is 5.69. The first kappa shape index (κ1) is 24.5. The van der Waals surface area contributed by atoms with Crippen LogP contribution in [0.25, 0.3) is 0 Å². The zero-order chi connectivity index (χ0) is 26.0. The number of rotatable bonds is 7. The molecule has 9 nitrogen and oxygen atoms in total. The van der Waals surface area contributed by atoms with Crippen molar-refractivity contribution in [2.45, 2.75) is 11.3 Å². The largest absolute Gasteiger partial charge is 0.497 e. The molecule has 1 amide bonds. The fraction of sp³-hybridized carbons (Fsp3) is 0.222. The molecule has 0 N–H and O–H groups in total. The van der Waals surface area contributed by atoms with Gasteiger partial charge in [-0.05, 0) is 48.5 Å². The van der Waals surface area contributed by atoms with E-state index < -0.39 is 21.9 Å². The molecular weight excluding hydrogens is 494 g/mol. The second kappa shape index (κ2) is 10.1. The smallest absolute Gasteiger partial charge is 0.311 e. The summed E-state index contributed by atoms with van der Waals surface area (Å²) in [7, 11) is -2.25. The Morgan fingerprint density at radius 3 is 2.46 bits per heavy atom. The lowest BCUT2D eigenvalue weighted by Crippen LogP contribution is -2.35. The van der Waals surface area contributed by atoms with Crippen LogP contribution in [0.4, 0.5) is 11.4 Å². The number of methoxy groups -OCH3 is 1. The van der Waals surface area contributed by atoms with E-state index in [1.165, 1.54) is 6.07 Å². The highest BCUT2D eigenvalue weighted by Gasteiger charge is 2.37. The summed E-state index contributed by atoms with van der Waals surface area (Å²) in [5.41, 5.74) is 1.90. The van der Waals surface area contributed by atoms with E-state index in [1.54, 1.807) is 59.4 Å². The third kappa shape index (κ3) is 4.92. The summed E-state index contributed by atoms with van der Waals surface area (Å²) in [6, 6.07) is 22.9. The van der Waals surface area contributed by atoms with Crippen molar-refractivity contribution in [1.82, 2.24) is 0 Å².